The number of piperidine rings is 1. The Morgan fingerprint density at radius 1 is 1.22 bits per heavy atom. The van der Waals surface area contributed by atoms with Gasteiger partial charge in [-0.25, -0.2) is 0 Å². The summed E-state index contributed by atoms with van der Waals surface area (Å²) in [5.41, 5.74) is -0.461. The lowest BCUT2D eigenvalue weighted by molar-refractivity contribution is -0.119. The summed E-state index contributed by atoms with van der Waals surface area (Å²) in [6, 6.07) is 0.306. The van der Waals surface area contributed by atoms with E-state index in [0.717, 1.165) is 58.2 Å². The normalized spacial score (nSPS) is 23.7. The van der Waals surface area contributed by atoms with E-state index in [4.69, 9.17) is 0 Å². The van der Waals surface area contributed by atoms with Crippen LogP contribution in [0, 0.1) is 0 Å². The highest BCUT2D eigenvalue weighted by Crippen LogP contribution is 2.29. The Morgan fingerprint density at radius 3 is 2.39 bits per heavy atom. The Labute approximate surface area is 145 Å². The lowest BCUT2D eigenvalue weighted by atomic mass is 9.84. The number of hydrogen-bond acceptors (Lipinski definition) is 4. The SMILES string of the molecule is CC(C)(C)SCC(=O)NC1CCN(CC2(O)CCCCC2)CC1. The van der Waals surface area contributed by atoms with E-state index in [1.165, 1.54) is 6.42 Å². The van der Waals surface area contributed by atoms with Crippen LogP contribution in [0.15, 0.2) is 0 Å². The van der Waals surface area contributed by atoms with Gasteiger partial charge < -0.3 is 15.3 Å². The first-order valence-electron chi connectivity index (χ1n) is 9.14. The number of thioether (sulfide) groups is 1. The maximum absolute atomic E-state index is 12.0. The van der Waals surface area contributed by atoms with Crippen LogP contribution in [0.2, 0.25) is 0 Å². The number of β-amino-alcohol motifs (C(OH)–C–C–N with tert-alkyl or cyclic N) is 1. The van der Waals surface area contributed by atoms with Crippen LogP contribution in [0.4, 0.5) is 0 Å². The zero-order valence-electron chi connectivity index (χ0n) is 15.1. The second kappa shape index (κ2) is 8.21. The molecular formula is C18H34N2O2S. The molecule has 0 aromatic heterocycles. The minimum atomic E-state index is -0.461. The van der Waals surface area contributed by atoms with E-state index >= 15 is 0 Å². The molecule has 23 heavy (non-hydrogen) atoms. The second-order valence-electron chi connectivity index (χ2n) is 8.30. The summed E-state index contributed by atoms with van der Waals surface area (Å²) in [6.07, 6.45) is 7.50. The van der Waals surface area contributed by atoms with E-state index in [-0.39, 0.29) is 10.7 Å². The predicted octanol–water partition coefficient (Wildman–Crippen LogP) is 2.79. The van der Waals surface area contributed by atoms with Gasteiger partial charge in [0.1, 0.15) is 0 Å². The number of carbonyl (C=O) groups excluding carboxylic acids is 1. The maximum atomic E-state index is 12.0. The van der Waals surface area contributed by atoms with Crippen molar-refractivity contribution in [2.75, 3.05) is 25.4 Å². The third-order valence-corrected chi connectivity index (χ3v) is 6.16. The number of hydrogen-bond donors (Lipinski definition) is 2. The zero-order chi connectivity index (χ0) is 16.9. The van der Waals surface area contributed by atoms with E-state index in [2.05, 4.69) is 31.0 Å². The van der Waals surface area contributed by atoms with Gasteiger partial charge in [-0.1, -0.05) is 40.0 Å². The molecule has 1 heterocycles. The molecule has 2 aliphatic rings. The molecule has 1 saturated carbocycles. The van der Waals surface area contributed by atoms with Crippen LogP contribution in [0.5, 0.6) is 0 Å². The largest absolute Gasteiger partial charge is 0.389 e. The summed E-state index contributed by atoms with van der Waals surface area (Å²) >= 11 is 1.70. The highest BCUT2D eigenvalue weighted by atomic mass is 32.2. The summed E-state index contributed by atoms with van der Waals surface area (Å²) in [6.45, 7) is 9.20. The van der Waals surface area contributed by atoms with Crippen molar-refractivity contribution >= 4 is 17.7 Å². The van der Waals surface area contributed by atoms with Gasteiger partial charge in [0.25, 0.3) is 0 Å². The summed E-state index contributed by atoms with van der Waals surface area (Å²) in [5, 5.41) is 13.8. The van der Waals surface area contributed by atoms with E-state index in [1.54, 1.807) is 11.8 Å². The molecule has 2 fully saturated rings. The van der Waals surface area contributed by atoms with Gasteiger partial charge >= 0.3 is 0 Å². The molecule has 2 rings (SSSR count). The van der Waals surface area contributed by atoms with Crippen LogP contribution >= 0.6 is 11.8 Å². The Hall–Kier alpha value is -0.260. The number of likely N-dealkylation sites (tertiary alicyclic amines) is 1. The Kier molecular flexibility index (Phi) is 6.81. The molecular weight excluding hydrogens is 308 g/mol. The van der Waals surface area contributed by atoms with Crippen LogP contribution in [0.1, 0.15) is 65.7 Å². The van der Waals surface area contributed by atoms with Crippen LogP contribution in [-0.4, -0.2) is 57.7 Å². The van der Waals surface area contributed by atoms with Gasteiger partial charge in [-0.15, -0.1) is 11.8 Å². The lowest BCUT2D eigenvalue weighted by Crippen LogP contribution is -2.50. The van der Waals surface area contributed by atoms with E-state index in [1.807, 2.05) is 0 Å². The molecule has 0 unspecified atom stereocenters. The smallest absolute Gasteiger partial charge is 0.230 e. The predicted molar refractivity (Wildman–Crippen MR) is 97.9 cm³/mol. The molecule has 0 spiro atoms. The van der Waals surface area contributed by atoms with Crippen molar-refractivity contribution in [3.05, 3.63) is 0 Å². The van der Waals surface area contributed by atoms with Crippen molar-refractivity contribution in [1.29, 1.82) is 0 Å². The Morgan fingerprint density at radius 2 is 1.83 bits per heavy atom. The van der Waals surface area contributed by atoms with Crippen molar-refractivity contribution in [1.82, 2.24) is 10.2 Å². The van der Waals surface area contributed by atoms with Crippen molar-refractivity contribution in [2.45, 2.75) is 82.1 Å². The third-order valence-electron chi connectivity index (χ3n) is 4.89. The maximum Gasteiger partial charge on any atom is 0.230 e. The number of nitrogens with zero attached hydrogens (tertiary/aromatic N) is 1. The number of aliphatic hydroxyl groups is 1. The molecule has 4 nitrogen and oxygen atoms in total. The van der Waals surface area contributed by atoms with Crippen LogP contribution in [-0.2, 0) is 4.79 Å². The van der Waals surface area contributed by atoms with E-state index in [9.17, 15) is 9.90 Å². The molecule has 2 N–H and O–H groups in total. The fraction of sp³-hybridized carbons (Fsp3) is 0.944. The highest BCUT2D eigenvalue weighted by Gasteiger charge is 2.32. The van der Waals surface area contributed by atoms with Crippen LogP contribution < -0.4 is 5.32 Å². The molecule has 1 saturated heterocycles. The molecule has 1 amide bonds. The topological polar surface area (TPSA) is 52.6 Å². The Balaban J connectivity index is 1.66. The molecule has 1 aliphatic heterocycles. The number of rotatable bonds is 5. The van der Waals surface area contributed by atoms with Crippen LogP contribution in [0.25, 0.3) is 0 Å². The van der Waals surface area contributed by atoms with Gasteiger partial charge in [-0.05, 0) is 25.7 Å². The Bertz CT molecular complexity index is 381. The number of carbonyl (C=O) groups is 1. The number of amides is 1. The fourth-order valence-electron chi connectivity index (χ4n) is 3.57. The zero-order valence-corrected chi connectivity index (χ0v) is 15.9. The first-order valence-corrected chi connectivity index (χ1v) is 10.1. The molecule has 5 heteroatoms. The quantitative estimate of drug-likeness (QED) is 0.807. The van der Waals surface area contributed by atoms with Crippen molar-refractivity contribution in [2.24, 2.45) is 0 Å². The van der Waals surface area contributed by atoms with Gasteiger partial charge in [0.05, 0.1) is 11.4 Å². The van der Waals surface area contributed by atoms with Crippen molar-refractivity contribution < 1.29 is 9.90 Å². The van der Waals surface area contributed by atoms with Gasteiger partial charge in [0.2, 0.25) is 5.91 Å². The fourth-order valence-corrected chi connectivity index (χ4v) is 4.22. The van der Waals surface area contributed by atoms with Gasteiger partial charge in [-0.3, -0.25) is 4.79 Å². The molecule has 0 aromatic rings. The second-order valence-corrected chi connectivity index (χ2v) is 10.1. The highest BCUT2D eigenvalue weighted by molar-refractivity contribution is 8.01. The molecule has 0 aromatic carbocycles. The minimum Gasteiger partial charge on any atom is -0.389 e. The molecule has 1 aliphatic carbocycles. The van der Waals surface area contributed by atoms with Gasteiger partial charge in [0, 0.05) is 30.4 Å². The summed E-state index contributed by atoms with van der Waals surface area (Å²) in [7, 11) is 0. The standard InChI is InChI=1S/C18H34N2O2S/c1-17(2,3)23-13-16(21)19-15-7-11-20(12-8-15)14-18(22)9-5-4-6-10-18/h15,22H,4-14H2,1-3H3,(H,19,21). The summed E-state index contributed by atoms with van der Waals surface area (Å²) in [5.74, 6) is 0.706. The average molecular weight is 343 g/mol. The first kappa shape index (κ1) is 19.1. The van der Waals surface area contributed by atoms with Crippen molar-refractivity contribution in [3.63, 3.8) is 0 Å². The van der Waals surface area contributed by atoms with Crippen LogP contribution in [0.3, 0.4) is 0 Å². The molecule has 0 bridgehead atoms. The van der Waals surface area contributed by atoms with E-state index < -0.39 is 5.60 Å². The third kappa shape index (κ3) is 7.02. The summed E-state index contributed by atoms with van der Waals surface area (Å²) in [4.78, 5) is 14.4. The van der Waals surface area contributed by atoms with Crippen molar-refractivity contribution in [3.8, 4) is 0 Å². The molecule has 0 radical (unpaired) electrons. The van der Waals surface area contributed by atoms with Gasteiger partial charge in [-0.2, -0.15) is 0 Å². The lowest BCUT2D eigenvalue weighted by Gasteiger charge is -2.40. The monoisotopic (exact) mass is 342 g/mol. The first-order chi connectivity index (χ1) is 10.8. The van der Waals surface area contributed by atoms with E-state index in [0.29, 0.717) is 11.8 Å². The molecule has 0 atom stereocenters. The number of nitrogens with one attached hydrogen (secondary N) is 1. The average Bonchev–Trinajstić information content (AvgIpc) is 2.47. The summed E-state index contributed by atoms with van der Waals surface area (Å²) < 4.78 is 0.135. The minimum absolute atomic E-state index is 0.135. The van der Waals surface area contributed by atoms with Gasteiger partial charge in [0.15, 0.2) is 0 Å². The molecule has 134 valence electrons.